The third kappa shape index (κ3) is 6.33. The number of benzene rings is 3. The summed E-state index contributed by atoms with van der Waals surface area (Å²) in [5.74, 6) is 0.543. The highest BCUT2D eigenvalue weighted by Gasteiger charge is 2.13. The number of nitrogens with one attached hydrogen (secondary N) is 1. The number of anilines is 1. The van der Waals surface area contributed by atoms with Crippen molar-refractivity contribution in [3.8, 4) is 17.6 Å². The number of hydrogen-bond donors (Lipinski definition) is 1. The van der Waals surface area contributed by atoms with Gasteiger partial charge in [-0.2, -0.15) is 5.26 Å². The summed E-state index contributed by atoms with van der Waals surface area (Å²) in [4.78, 5) is 17.5. The van der Waals surface area contributed by atoms with Gasteiger partial charge in [-0.15, -0.1) is 0 Å². The number of ether oxygens (including phenoxy) is 2. The highest BCUT2D eigenvalue weighted by molar-refractivity contribution is 9.10. The van der Waals surface area contributed by atoms with Gasteiger partial charge in [0.2, 0.25) is 0 Å². The van der Waals surface area contributed by atoms with E-state index in [9.17, 15) is 4.79 Å². The Morgan fingerprint density at radius 3 is 2.66 bits per heavy atom. The fourth-order valence-corrected chi connectivity index (χ4v) is 3.35. The lowest BCUT2D eigenvalue weighted by atomic mass is 10.1. The molecule has 0 spiro atoms. The normalized spacial score (nSPS) is 10.4. The van der Waals surface area contributed by atoms with E-state index in [4.69, 9.17) is 19.6 Å². The van der Waals surface area contributed by atoms with Crippen LogP contribution in [0.5, 0.6) is 11.5 Å². The molecule has 1 amide bonds. The first-order chi connectivity index (χ1) is 15.6. The van der Waals surface area contributed by atoms with E-state index >= 15 is 0 Å². The zero-order chi connectivity index (χ0) is 22.8. The van der Waals surface area contributed by atoms with Crippen LogP contribution in [-0.2, 0) is 16.2 Å². The third-order valence-electron chi connectivity index (χ3n) is 4.29. The Morgan fingerprint density at radius 1 is 1.16 bits per heavy atom. The minimum atomic E-state index is -0.290. The lowest BCUT2D eigenvalue weighted by Crippen LogP contribution is -2.20. The van der Waals surface area contributed by atoms with E-state index in [-0.39, 0.29) is 19.1 Å². The summed E-state index contributed by atoms with van der Waals surface area (Å²) < 4.78 is 11.7. The van der Waals surface area contributed by atoms with Crippen LogP contribution in [0.15, 0.2) is 76.4 Å². The Balaban J connectivity index is 1.61. The average Bonchev–Trinajstić information content (AvgIpc) is 2.81. The smallest absolute Gasteiger partial charge is 0.262 e. The molecular formula is C24H20BrN3O4. The number of hydrogen-bond acceptors (Lipinski definition) is 6. The summed E-state index contributed by atoms with van der Waals surface area (Å²) in [6, 6.07) is 21.9. The van der Waals surface area contributed by atoms with E-state index in [2.05, 4.69) is 32.5 Å². The molecular weight excluding hydrogens is 474 g/mol. The number of nitrogens with zero attached hydrogens (tertiary/aromatic N) is 2. The quantitative estimate of drug-likeness (QED) is 0.338. The highest BCUT2D eigenvalue weighted by atomic mass is 79.9. The number of amides is 1. The molecule has 0 bridgehead atoms. The van der Waals surface area contributed by atoms with Gasteiger partial charge in [-0.3, -0.25) is 4.79 Å². The van der Waals surface area contributed by atoms with Gasteiger partial charge in [-0.25, -0.2) is 0 Å². The van der Waals surface area contributed by atoms with Crippen LogP contribution in [0.25, 0.3) is 0 Å². The molecule has 0 radical (unpaired) electrons. The fraction of sp³-hybridized carbons (Fsp3) is 0.125. The van der Waals surface area contributed by atoms with E-state index in [1.54, 1.807) is 36.4 Å². The van der Waals surface area contributed by atoms with Gasteiger partial charge in [0, 0.05) is 16.8 Å². The predicted molar refractivity (Wildman–Crippen MR) is 125 cm³/mol. The molecule has 0 unspecified atom stereocenters. The van der Waals surface area contributed by atoms with Gasteiger partial charge in [0.1, 0.15) is 6.61 Å². The van der Waals surface area contributed by atoms with Gasteiger partial charge < -0.3 is 19.6 Å². The minimum Gasteiger partial charge on any atom is -0.493 e. The predicted octanol–water partition coefficient (Wildman–Crippen LogP) is 4.90. The summed E-state index contributed by atoms with van der Waals surface area (Å²) in [5, 5.41) is 15.8. The van der Waals surface area contributed by atoms with Crippen molar-refractivity contribution in [1.82, 2.24) is 0 Å². The molecule has 8 heteroatoms. The number of nitriles is 1. The van der Waals surface area contributed by atoms with Crippen molar-refractivity contribution in [3.63, 3.8) is 0 Å². The first kappa shape index (κ1) is 22.8. The lowest BCUT2D eigenvalue weighted by molar-refractivity contribution is -0.118. The molecule has 3 aromatic rings. The maximum absolute atomic E-state index is 12.2. The first-order valence-electron chi connectivity index (χ1n) is 9.59. The molecule has 0 saturated carbocycles. The molecule has 162 valence electrons. The maximum atomic E-state index is 12.2. The van der Waals surface area contributed by atoms with Crippen LogP contribution in [-0.4, -0.2) is 25.8 Å². The van der Waals surface area contributed by atoms with Crippen LogP contribution < -0.4 is 14.8 Å². The van der Waals surface area contributed by atoms with Crippen molar-refractivity contribution in [2.45, 2.75) is 6.61 Å². The van der Waals surface area contributed by atoms with Gasteiger partial charge in [-0.05, 0) is 46.3 Å². The van der Waals surface area contributed by atoms with Crippen LogP contribution >= 0.6 is 15.9 Å². The van der Waals surface area contributed by atoms with Crippen molar-refractivity contribution in [3.05, 3.63) is 87.9 Å². The van der Waals surface area contributed by atoms with Crippen molar-refractivity contribution in [1.29, 1.82) is 5.26 Å². The number of methoxy groups -OCH3 is 1. The Hall–Kier alpha value is -3.83. The van der Waals surface area contributed by atoms with Crippen LogP contribution in [0, 0.1) is 11.3 Å². The molecule has 32 heavy (non-hydrogen) atoms. The Labute approximate surface area is 194 Å². The standard InChI is InChI=1S/C24H20BrN3O4/c1-30-22-12-17(14-27-32-15-19-8-6-5-7-18(19)13-26)11-21(25)24(22)31-16-23(29)28-20-9-3-2-4-10-20/h2-12,14H,15-16H2,1H3,(H,28,29)/b27-14-. The molecule has 0 saturated heterocycles. The largest absolute Gasteiger partial charge is 0.493 e. The van der Waals surface area contributed by atoms with Crippen LogP contribution in [0.1, 0.15) is 16.7 Å². The molecule has 0 aliphatic heterocycles. The first-order valence-corrected chi connectivity index (χ1v) is 10.4. The van der Waals surface area contributed by atoms with Crippen LogP contribution in [0.2, 0.25) is 0 Å². The van der Waals surface area contributed by atoms with E-state index in [1.165, 1.54) is 13.3 Å². The summed E-state index contributed by atoms with van der Waals surface area (Å²) >= 11 is 3.45. The second-order valence-electron chi connectivity index (χ2n) is 6.51. The van der Waals surface area contributed by atoms with Gasteiger partial charge in [-0.1, -0.05) is 41.6 Å². The molecule has 1 N–H and O–H groups in total. The maximum Gasteiger partial charge on any atom is 0.262 e. The number of para-hydroxylation sites is 1. The van der Waals surface area contributed by atoms with Crippen LogP contribution in [0.4, 0.5) is 5.69 Å². The number of carbonyl (C=O) groups excluding carboxylic acids is 1. The topological polar surface area (TPSA) is 92.9 Å². The van der Waals surface area contributed by atoms with Gasteiger partial charge in [0.05, 0.1) is 29.4 Å². The summed E-state index contributed by atoms with van der Waals surface area (Å²) in [5.41, 5.74) is 2.69. The molecule has 3 rings (SSSR count). The van der Waals surface area contributed by atoms with E-state index in [0.29, 0.717) is 32.8 Å². The monoisotopic (exact) mass is 493 g/mol. The van der Waals surface area contributed by atoms with Crippen molar-refractivity contribution in [2.24, 2.45) is 5.16 Å². The third-order valence-corrected chi connectivity index (χ3v) is 4.88. The van der Waals surface area contributed by atoms with Gasteiger partial charge in [0.25, 0.3) is 5.91 Å². The lowest BCUT2D eigenvalue weighted by Gasteiger charge is -2.13. The number of carbonyl (C=O) groups is 1. The fourth-order valence-electron chi connectivity index (χ4n) is 2.77. The number of oxime groups is 1. The second-order valence-corrected chi connectivity index (χ2v) is 7.37. The molecule has 0 aliphatic carbocycles. The highest BCUT2D eigenvalue weighted by Crippen LogP contribution is 2.36. The Kier molecular flexibility index (Phi) is 8.23. The van der Waals surface area contributed by atoms with Gasteiger partial charge >= 0.3 is 0 Å². The molecule has 3 aromatic carbocycles. The van der Waals surface area contributed by atoms with E-state index in [0.717, 1.165) is 5.56 Å². The van der Waals surface area contributed by atoms with Gasteiger partial charge in [0.15, 0.2) is 18.1 Å². The molecule has 0 aromatic heterocycles. The van der Waals surface area contributed by atoms with E-state index in [1.807, 2.05) is 30.3 Å². The second kappa shape index (κ2) is 11.5. The number of halogens is 1. The van der Waals surface area contributed by atoms with Crippen LogP contribution in [0.3, 0.4) is 0 Å². The van der Waals surface area contributed by atoms with Crippen molar-refractivity contribution in [2.75, 3.05) is 19.0 Å². The van der Waals surface area contributed by atoms with E-state index < -0.39 is 0 Å². The summed E-state index contributed by atoms with van der Waals surface area (Å²) in [6.07, 6.45) is 1.52. The minimum absolute atomic E-state index is 0.177. The SMILES string of the molecule is COc1cc(/C=N\OCc2ccccc2C#N)cc(Br)c1OCC(=O)Nc1ccccc1. The van der Waals surface area contributed by atoms with Crippen molar-refractivity contribution < 1.29 is 19.1 Å². The zero-order valence-electron chi connectivity index (χ0n) is 17.2. The Morgan fingerprint density at radius 2 is 1.91 bits per heavy atom. The molecule has 0 fully saturated rings. The number of rotatable bonds is 9. The molecule has 0 atom stereocenters. The van der Waals surface area contributed by atoms with Crippen molar-refractivity contribution >= 4 is 33.7 Å². The summed E-state index contributed by atoms with van der Waals surface area (Å²) in [6.45, 7) is -0.00500. The Bertz CT molecular complexity index is 1140. The average molecular weight is 494 g/mol. The molecule has 0 heterocycles. The summed E-state index contributed by atoms with van der Waals surface area (Å²) in [7, 11) is 1.51. The molecule has 0 aliphatic rings. The zero-order valence-corrected chi connectivity index (χ0v) is 18.8. The molecule has 7 nitrogen and oxygen atoms in total.